The summed E-state index contributed by atoms with van der Waals surface area (Å²) >= 11 is 0. The van der Waals surface area contributed by atoms with Crippen LogP contribution >= 0.6 is 0 Å². The zero-order valence-corrected chi connectivity index (χ0v) is 63.6. The lowest BCUT2D eigenvalue weighted by Crippen LogP contribution is -2.60. The first kappa shape index (κ1) is 86.9. The number of hydrogen-bond acceptors (Lipinski definition) is 17. The van der Waals surface area contributed by atoms with Crippen LogP contribution in [-0.4, -0.2) is 171 Å². The zero-order valence-electron chi connectivity index (χ0n) is 63.6. The number of ether oxygens (including phenoxy) is 4. The van der Waals surface area contributed by atoms with E-state index >= 15 is 19.2 Å². The van der Waals surface area contributed by atoms with Crippen LogP contribution in [0.25, 0.3) is 21.8 Å². The molecule has 0 spiro atoms. The third-order valence-corrected chi connectivity index (χ3v) is 15.8. The first-order valence-electron chi connectivity index (χ1n) is 35.7. The smallest absolute Gasteiger partial charge is 0.419 e. The molecule has 2 aromatic heterocycles. The molecule has 0 unspecified atom stereocenters. The fourth-order valence-electron chi connectivity index (χ4n) is 11.2. The van der Waals surface area contributed by atoms with Crippen LogP contribution in [0, 0.1) is 23.7 Å². The first-order chi connectivity index (χ1) is 48.4. The van der Waals surface area contributed by atoms with Crippen molar-refractivity contribution in [3.63, 3.8) is 0 Å². The lowest BCUT2D eigenvalue weighted by atomic mass is 9.98. The molecule has 2 heterocycles. The van der Waals surface area contributed by atoms with Crippen LogP contribution in [0.5, 0.6) is 0 Å². The van der Waals surface area contributed by atoms with Crippen molar-refractivity contribution in [2.24, 2.45) is 29.4 Å². The molecule has 576 valence electrons. The van der Waals surface area contributed by atoms with E-state index in [2.05, 4.69) is 54.4 Å². The number of benzene rings is 2. The summed E-state index contributed by atoms with van der Waals surface area (Å²) in [5.41, 5.74) is 5.30. The summed E-state index contributed by atoms with van der Waals surface area (Å²) < 4.78 is 24.4. The molecule has 4 rings (SSSR count). The molecular weight excluding hydrogens is 1340 g/mol. The predicted molar refractivity (Wildman–Crippen MR) is 394 cm³/mol. The summed E-state index contributed by atoms with van der Waals surface area (Å²) in [7, 11) is 0. The minimum Gasteiger partial charge on any atom is -0.480 e. The number of alkyl carbamates (subject to hydrolysis) is 2. The van der Waals surface area contributed by atoms with Crippen LogP contribution in [-0.2, 0) is 70.1 Å². The van der Waals surface area contributed by atoms with Crippen molar-refractivity contribution in [2.45, 2.75) is 247 Å². The van der Waals surface area contributed by atoms with E-state index in [4.69, 9.17) is 24.7 Å². The molecule has 12 N–H and O–H groups in total. The first-order valence-corrected chi connectivity index (χ1v) is 35.7. The molecule has 104 heavy (non-hydrogen) atoms. The van der Waals surface area contributed by atoms with Crippen molar-refractivity contribution in [2.75, 3.05) is 19.7 Å². The van der Waals surface area contributed by atoms with Gasteiger partial charge in [0, 0.05) is 49.1 Å². The van der Waals surface area contributed by atoms with E-state index in [9.17, 15) is 43.5 Å². The Balaban J connectivity index is 1.80. The van der Waals surface area contributed by atoms with Crippen molar-refractivity contribution in [1.82, 2.24) is 57.0 Å². The quantitative estimate of drug-likeness (QED) is 0.0116. The third kappa shape index (κ3) is 29.7. The van der Waals surface area contributed by atoms with Crippen molar-refractivity contribution in [3.05, 3.63) is 84.7 Å². The number of rotatable bonds is 37. The Labute approximate surface area is 610 Å². The molecule has 0 bridgehead atoms. The number of fused-ring (bicyclic) bond motifs is 2. The minimum atomic E-state index is -1.54. The number of para-hydroxylation sites is 2. The molecule has 0 saturated heterocycles. The lowest BCUT2D eigenvalue weighted by molar-refractivity contribution is -0.142. The number of carbonyl (C=O) groups is 12. The minimum absolute atomic E-state index is 0.00321. The van der Waals surface area contributed by atoms with E-state index in [0.717, 1.165) is 0 Å². The Hall–Kier alpha value is -9.54. The zero-order chi connectivity index (χ0) is 78.1. The molecule has 0 aliphatic carbocycles. The average Bonchev–Trinajstić information content (AvgIpc) is 1.64. The fourth-order valence-corrected chi connectivity index (χ4v) is 11.2. The van der Waals surface area contributed by atoms with Crippen molar-refractivity contribution in [1.29, 1.82) is 0 Å². The number of nitrogens with one attached hydrogen (secondary N) is 9. The molecule has 0 fully saturated rings. The SMILES string of the molecule is C=CCOC(=O)NCCC[C@H](N)C(=O)N[C@H](CC(C)C)C(=O)N[C@@H](Cc1cn(C(=O)OC(C)(C)C)c2ccccc12)C(=O)N[C@H](CC(C)C)C(=O)N[C@@H](CCCNC(=O)OC(C)(C)C)C(=O)N[C@H](CC(C)C)C(=O)N[C@@H](Cc1cn(C(=O)OC(C)(C)C)c2ccccc12)C(=O)N[C@H](CC(C)C)C(=O)O. The molecule has 9 amide bonds. The van der Waals surface area contributed by atoms with Crippen molar-refractivity contribution >= 4 is 93.5 Å². The Bertz CT molecular complexity index is 3630. The summed E-state index contributed by atoms with van der Waals surface area (Å²) in [6.07, 6.45) is 1.17. The second-order valence-electron chi connectivity index (χ2n) is 30.9. The predicted octanol–water partition coefficient (Wildman–Crippen LogP) is 7.93. The molecule has 2 aromatic carbocycles. The average molecular weight is 1460 g/mol. The van der Waals surface area contributed by atoms with E-state index in [1.165, 1.54) is 27.6 Å². The van der Waals surface area contributed by atoms with Crippen LogP contribution in [0.15, 0.2) is 73.6 Å². The maximum absolute atomic E-state index is 15.3. The Kier molecular flexibility index (Phi) is 33.3. The number of hydrogen-bond donors (Lipinski definition) is 11. The highest BCUT2D eigenvalue weighted by atomic mass is 16.6. The van der Waals surface area contributed by atoms with Gasteiger partial charge in [-0.15, -0.1) is 0 Å². The summed E-state index contributed by atoms with van der Waals surface area (Å²) in [5.74, 6) is -8.20. The molecule has 0 aliphatic heterocycles. The van der Waals surface area contributed by atoms with Gasteiger partial charge in [-0.3, -0.25) is 42.7 Å². The maximum atomic E-state index is 15.3. The van der Waals surface area contributed by atoms with Crippen LogP contribution in [0.2, 0.25) is 0 Å². The summed E-state index contributed by atoms with van der Waals surface area (Å²) in [6.45, 7) is 33.2. The van der Waals surface area contributed by atoms with E-state index in [1.807, 2.05) is 13.8 Å². The highest BCUT2D eigenvalue weighted by Gasteiger charge is 2.37. The molecule has 29 nitrogen and oxygen atoms in total. The fraction of sp³-hybridized carbons (Fsp3) is 0.600. The van der Waals surface area contributed by atoms with Gasteiger partial charge in [0.05, 0.1) is 17.1 Å². The topological polar surface area (TPSA) is 406 Å². The van der Waals surface area contributed by atoms with Gasteiger partial charge in [-0.1, -0.05) is 104 Å². The van der Waals surface area contributed by atoms with Gasteiger partial charge < -0.3 is 77.6 Å². The van der Waals surface area contributed by atoms with E-state index in [-0.39, 0.29) is 108 Å². The van der Waals surface area contributed by atoms with Crippen LogP contribution in [0.3, 0.4) is 0 Å². The van der Waals surface area contributed by atoms with Gasteiger partial charge in [-0.05, 0) is 161 Å². The number of amides is 9. The normalized spacial score (nSPS) is 14.2. The van der Waals surface area contributed by atoms with Gasteiger partial charge >= 0.3 is 30.3 Å². The molecule has 4 aromatic rings. The maximum Gasteiger partial charge on any atom is 0.419 e. The van der Waals surface area contributed by atoms with E-state index in [1.54, 1.807) is 152 Å². The molecule has 8 atom stereocenters. The largest absolute Gasteiger partial charge is 0.480 e. The van der Waals surface area contributed by atoms with Crippen LogP contribution < -0.4 is 53.6 Å². The van der Waals surface area contributed by atoms with Gasteiger partial charge in [0.15, 0.2) is 0 Å². The number of carboxylic acids is 1. The summed E-state index contributed by atoms with van der Waals surface area (Å²) in [5, 5.41) is 35.8. The van der Waals surface area contributed by atoms with Gasteiger partial charge in [-0.25, -0.2) is 24.0 Å². The van der Waals surface area contributed by atoms with Gasteiger partial charge in [0.25, 0.3) is 0 Å². The number of aromatic nitrogens is 2. The molecule has 29 heteroatoms. The molecule has 0 saturated carbocycles. The monoisotopic (exact) mass is 1450 g/mol. The standard InChI is InChI=1S/C75H114N12O17/c1-19-34-101-69(97)77-32-24-28-51(76)61(88)80-53(35-43(2)3)64(91)83-56(39-47-41-86(71(99)103-74(13,14)15)59-30-22-20-26-49(47)59)66(93)82-54(36-44(4)5)63(90)79-52(29-25-33-78-70(98)102-73(10,11)12)62(89)81-55(37-45(6)7)65(92)84-57(67(94)85-58(68(95)96)38-46(8)9)40-48-42-87(72(100)104-75(16,17)18)60-31-23-21-27-50(48)60/h19-23,26-27,30-31,41-46,51-58H,1,24-25,28-29,32-40,76H2,2-18H3,(H,77,97)(H,78,98)(H,79,90)(H,80,88)(H,81,89)(H,82,93)(H,83,91)(H,84,92)(H,85,94)(H,95,96)/t51-,52-,53+,54+,55+,56-,57-,58+/m0/s1. The molecular formula is C75H114N12O17. The van der Waals surface area contributed by atoms with E-state index in [0.29, 0.717) is 32.9 Å². The van der Waals surface area contributed by atoms with Crippen LogP contribution in [0.1, 0.15) is 180 Å². The number of carbonyl (C=O) groups excluding carboxylic acids is 11. The highest BCUT2D eigenvalue weighted by molar-refractivity contribution is 5.99. The second kappa shape index (κ2) is 39.9. The number of aliphatic carboxylic acids is 1. The number of nitrogens with zero attached hydrogens (tertiary/aromatic N) is 2. The molecule has 0 aliphatic rings. The third-order valence-electron chi connectivity index (χ3n) is 15.8. The summed E-state index contributed by atoms with van der Waals surface area (Å²) in [4.78, 5) is 169. The highest BCUT2D eigenvalue weighted by Crippen LogP contribution is 2.27. The van der Waals surface area contributed by atoms with Crippen molar-refractivity contribution < 1.29 is 81.6 Å². The van der Waals surface area contributed by atoms with E-state index < -0.39 is 137 Å². The van der Waals surface area contributed by atoms with Gasteiger partial charge in [0.2, 0.25) is 41.4 Å². The van der Waals surface area contributed by atoms with Crippen molar-refractivity contribution in [3.8, 4) is 0 Å². The summed E-state index contributed by atoms with van der Waals surface area (Å²) in [6, 6.07) is 2.47. The number of nitrogens with two attached hydrogens (primary N) is 1. The Morgan fingerprint density at radius 3 is 1.16 bits per heavy atom. The molecule has 0 radical (unpaired) electrons. The van der Waals surface area contributed by atoms with Gasteiger partial charge in [-0.2, -0.15) is 0 Å². The number of carboxylic acid groups (broad SMARTS) is 1. The van der Waals surface area contributed by atoms with Crippen LogP contribution in [0.4, 0.5) is 19.2 Å². The van der Waals surface area contributed by atoms with Gasteiger partial charge in [0.1, 0.15) is 65.7 Å². The second-order valence-corrected chi connectivity index (χ2v) is 30.9. The Morgan fingerprint density at radius 1 is 0.452 bits per heavy atom. The Morgan fingerprint density at radius 2 is 0.779 bits per heavy atom. The lowest BCUT2D eigenvalue weighted by Gasteiger charge is -2.29.